The highest BCUT2D eigenvalue weighted by molar-refractivity contribution is 8.00. The molecule has 5 nitrogen and oxygen atoms in total. The van der Waals surface area contributed by atoms with E-state index in [9.17, 15) is 4.79 Å². The third-order valence-corrected chi connectivity index (χ3v) is 5.30. The lowest BCUT2D eigenvalue weighted by Gasteiger charge is -2.14. The van der Waals surface area contributed by atoms with Crippen molar-refractivity contribution >= 4 is 50.6 Å². The molecule has 0 saturated carbocycles. The molecule has 1 amide bonds. The molecule has 0 fully saturated rings. The largest absolute Gasteiger partial charge is 0.375 e. The van der Waals surface area contributed by atoms with Crippen molar-refractivity contribution in [3.63, 3.8) is 0 Å². The molecule has 2 aromatic rings. The van der Waals surface area contributed by atoms with Gasteiger partial charge in [0.1, 0.15) is 0 Å². The quantitative estimate of drug-likeness (QED) is 0.859. The van der Waals surface area contributed by atoms with E-state index in [0.717, 1.165) is 20.8 Å². The molecule has 0 saturated heterocycles. The van der Waals surface area contributed by atoms with Crippen LogP contribution in [-0.2, 0) is 10.5 Å². The second-order valence-electron chi connectivity index (χ2n) is 3.69. The number of anilines is 2. The number of thiazole rings is 2. The smallest absolute Gasteiger partial charge is 0.225 e. The summed E-state index contributed by atoms with van der Waals surface area (Å²) in [6.45, 7) is 4.14. The van der Waals surface area contributed by atoms with Gasteiger partial charge in [-0.1, -0.05) is 11.3 Å². The Morgan fingerprint density at radius 1 is 1.58 bits per heavy atom. The highest BCUT2D eigenvalue weighted by Gasteiger charge is 2.13. The normalized spacial score (nSPS) is 10.6. The van der Waals surface area contributed by atoms with Crippen LogP contribution >= 0.6 is 34.4 Å². The summed E-state index contributed by atoms with van der Waals surface area (Å²) in [4.78, 5) is 21.6. The molecule has 0 aliphatic rings. The summed E-state index contributed by atoms with van der Waals surface area (Å²) < 4.78 is 1.07. The van der Waals surface area contributed by atoms with Crippen molar-refractivity contribution < 1.29 is 4.79 Å². The number of hydrogen-bond donors (Lipinski definition) is 1. The summed E-state index contributed by atoms with van der Waals surface area (Å²) >= 11 is 4.62. The van der Waals surface area contributed by atoms with Crippen LogP contribution in [0.1, 0.15) is 19.5 Å². The maximum atomic E-state index is 11.4. The second kappa shape index (κ2) is 6.36. The van der Waals surface area contributed by atoms with E-state index < -0.39 is 0 Å². The molecule has 0 bridgehead atoms. The van der Waals surface area contributed by atoms with Crippen molar-refractivity contribution in [1.29, 1.82) is 0 Å². The molecular weight excluding hydrogens is 300 g/mol. The second-order valence-corrected chi connectivity index (χ2v) is 6.87. The summed E-state index contributed by atoms with van der Waals surface area (Å²) in [5.41, 5.74) is 6.55. The molecular formula is C11H14N4OS3. The van der Waals surface area contributed by atoms with Crippen molar-refractivity contribution in [3.8, 4) is 0 Å². The van der Waals surface area contributed by atoms with Gasteiger partial charge >= 0.3 is 0 Å². The molecule has 0 aromatic carbocycles. The molecule has 2 heterocycles. The minimum Gasteiger partial charge on any atom is -0.375 e. The van der Waals surface area contributed by atoms with Crippen molar-refractivity contribution in [2.24, 2.45) is 0 Å². The first kappa shape index (κ1) is 14.3. The van der Waals surface area contributed by atoms with E-state index in [-0.39, 0.29) is 5.91 Å². The summed E-state index contributed by atoms with van der Waals surface area (Å²) in [5, 5.41) is 3.32. The Labute approximate surface area is 123 Å². The molecule has 0 atom stereocenters. The molecule has 0 radical (unpaired) electrons. The molecule has 0 aliphatic heterocycles. The lowest BCUT2D eigenvalue weighted by atomic mass is 10.5. The number of nitrogens with zero attached hydrogens (tertiary/aromatic N) is 3. The van der Waals surface area contributed by atoms with Gasteiger partial charge in [-0.25, -0.2) is 9.97 Å². The van der Waals surface area contributed by atoms with Crippen molar-refractivity contribution in [1.82, 2.24) is 9.97 Å². The molecule has 19 heavy (non-hydrogen) atoms. The number of amides is 1. The number of carbonyl (C=O) groups excluding carboxylic acids is 1. The molecule has 0 spiro atoms. The lowest BCUT2D eigenvalue weighted by molar-refractivity contribution is -0.116. The summed E-state index contributed by atoms with van der Waals surface area (Å²) in [6, 6.07) is 0. The number of thioether (sulfide) groups is 1. The number of nitrogen functional groups attached to an aromatic ring is 1. The zero-order chi connectivity index (χ0) is 13.8. The summed E-state index contributed by atoms with van der Waals surface area (Å²) in [5.74, 6) is 0.777. The van der Waals surface area contributed by atoms with Crippen LogP contribution in [0, 0.1) is 0 Å². The summed E-state index contributed by atoms with van der Waals surface area (Å²) in [7, 11) is 0. The average molecular weight is 314 g/mol. The Morgan fingerprint density at radius 3 is 2.95 bits per heavy atom. The predicted molar refractivity (Wildman–Crippen MR) is 81.9 cm³/mol. The van der Waals surface area contributed by atoms with Crippen LogP contribution in [0.15, 0.2) is 15.8 Å². The lowest BCUT2D eigenvalue weighted by Crippen LogP contribution is -2.27. The standard InChI is InChI=1S/C11H14N4OS3/c1-3-15(7(2)16)11-14-8(6-18-11)5-17-9-4-13-10(12)19-9/h4,6H,3,5H2,1-2H3,(H2,12,13). The number of aromatic nitrogens is 2. The van der Waals surface area contributed by atoms with Gasteiger partial charge in [0.25, 0.3) is 0 Å². The SMILES string of the molecule is CCN(C(C)=O)c1nc(CSc2cnc(N)s2)cs1. The zero-order valence-corrected chi connectivity index (χ0v) is 13.1. The van der Waals surface area contributed by atoms with Gasteiger partial charge in [0.2, 0.25) is 5.91 Å². The van der Waals surface area contributed by atoms with E-state index in [1.807, 2.05) is 12.3 Å². The van der Waals surface area contributed by atoms with E-state index in [4.69, 9.17) is 5.73 Å². The van der Waals surface area contributed by atoms with Crippen LogP contribution < -0.4 is 10.6 Å². The highest BCUT2D eigenvalue weighted by Crippen LogP contribution is 2.30. The van der Waals surface area contributed by atoms with Gasteiger partial charge in [-0.3, -0.25) is 9.69 Å². The first-order chi connectivity index (χ1) is 9.10. The Kier molecular flexibility index (Phi) is 4.78. The van der Waals surface area contributed by atoms with Gasteiger partial charge in [-0.15, -0.1) is 23.1 Å². The maximum Gasteiger partial charge on any atom is 0.225 e. The number of carbonyl (C=O) groups is 1. The highest BCUT2D eigenvalue weighted by atomic mass is 32.2. The molecule has 0 unspecified atom stereocenters. The maximum absolute atomic E-state index is 11.4. The third kappa shape index (κ3) is 3.68. The molecule has 0 aliphatic carbocycles. The fourth-order valence-corrected chi connectivity index (χ4v) is 4.15. The minimum atomic E-state index is 0.0197. The van der Waals surface area contributed by atoms with Crippen LogP contribution in [0.25, 0.3) is 0 Å². The topological polar surface area (TPSA) is 72.1 Å². The Balaban J connectivity index is 1.99. The van der Waals surface area contributed by atoms with Gasteiger partial charge < -0.3 is 5.73 Å². The van der Waals surface area contributed by atoms with Crippen molar-refractivity contribution in [2.75, 3.05) is 17.2 Å². The Bertz CT molecular complexity index is 566. The molecule has 8 heteroatoms. The van der Waals surface area contributed by atoms with E-state index in [0.29, 0.717) is 11.7 Å². The number of rotatable bonds is 5. The van der Waals surface area contributed by atoms with E-state index >= 15 is 0 Å². The molecule has 2 aromatic heterocycles. The zero-order valence-electron chi connectivity index (χ0n) is 10.6. The molecule has 102 valence electrons. The van der Waals surface area contributed by atoms with Gasteiger partial charge in [0.05, 0.1) is 16.1 Å². The van der Waals surface area contributed by atoms with E-state index in [1.54, 1.807) is 29.8 Å². The van der Waals surface area contributed by atoms with Crippen LogP contribution in [-0.4, -0.2) is 22.4 Å². The van der Waals surface area contributed by atoms with Gasteiger partial charge in [-0.2, -0.15) is 0 Å². The van der Waals surface area contributed by atoms with Crippen molar-refractivity contribution in [2.45, 2.75) is 23.8 Å². The van der Waals surface area contributed by atoms with Crippen LogP contribution in [0.5, 0.6) is 0 Å². The van der Waals surface area contributed by atoms with E-state index in [2.05, 4.69) is 9.97 Å². The molecule has 2 N–H and O–H groups in total. The van der Waals surface area contributed by atoms with Gasteiger partial charge in [0, 0.05) is 24.6 Å². The fourth-order valence-electron chi connectivity index (χ4n) is 1.46. The first-order valence-corrected chi connectivity index (χ1v) is 8.35. The van der Waals surface area contributed by atoms with Crippen LogP contribution in [0.3, 0.4) is 0 Å². The van der Waals surface area contributed by atoms with Crippen molar-refractivity contribution in [3.05, 3.63) is 17.3 Å². The summed E-state index contributed by atoms with van der Waals surface area (Å²) in [6.07, 6.45) is 1.77. The fraction of sp³-hybridized carbons (Fsp3) is 0.364. The minimum absolute atomic E-state index is 0.0197. The first-order valence-electron chi connectivity index (χ1n) is 5.66. The Morgan fingerprint density at radius 2 is 2.37 bits per heavy atom. The van der Waals surface area contributed by atoms with Crippen LogP contribution in [0.4, 0.5) is 10.3 Å². The third-order valence-electron chi connectivity index (χ3n) is 2.33. The monoisotopic (exact) mass is 314 g/mol. The number of hydrogen-bond acceptors (Lipinski definition) is 7. The van der Waals surface area contributed by atoms with E-state index in [1.165, 1.54) is 22.7 Å². The van der Waals surface area contributed by atoms with Crippen LogP contribution in [0.2, 0.25) is 0 Å². The van der Waals surface area contributed by atoms with Gasteiger partial charge in [-0.05, 0) is 6.92 Å². The predicted octanol–water partition coefficient (Wildman–Crippen LogP) is 2.85. The van der Waals surface area contributed by atoms with Gasteiger partial charge in [0.15, 0.2) is 10.3 Å². The molecule has 2 rings (SSSR count). The average Bonchev–Trinajstić information content (AvgIpc) is 2.96. The Hall–Kier alpha value is -1.12. The number of nitrogens with two attached hydrogens (primary N) is 1.